The summed E-state index contributed by atoms with van der Waals surface area (Å²) < 4.78 is 5.80. The Morgan fingerprint density at radius 2 is 1.91 bits per heavy atom. The molecule has 0 aromatic heterocycles. The van der Waals surface area contributed by atoms with Gasteiger partial charge < -0.3 is 14.5 Å². The van der Waals surface area contributed by atoms with E-state index in [9.17, 15) is 14.4 Å². The summed E-state index contributed by atoms with van der Waals surface area (Å²) in [5.74, 6) is -0.589. The molecule has 4 amide bonds. The molecule has 7 heteroatoms. The molecule has 0 aromatic rings. The minimum absolute atomic E-state index is 0.0623. The van der Waals surface area contributed by atoms with Crippen LogP contribution in [0.5, 0.6) is 0 Å². The third kappa shape index (κ3) is 3.09. The van der Waals surface area contributed by atoms with Gasteiger partial charge in [-0.05, 0) is 32.1 Å². The molecule has 1 unspecified atom stereocenters. The van der Waals surface area contributed by atoms with Gasteiger partial charge in [0, 0.05) is 39.3 Å². The van der Waals surface area contributed by atoms with Crippen LogP contribution in [0.2, 0.25) is 0 Å². The smallest absolute Gasteiger partial charge is 0.327 e. The van der Waals surface area contributed by atoms with E-state index in [1.54, 1.807) is 4.90 Å². The van der Waals surface area contributed by atoms with Crippen molar-refractivity contribution in [1.82, 2.24) is 14.7 Å². The lowest BCUT2D eigenvalue weighted by molar-refractivity contribution is -0.153. The molecule has 0 N–H and O–H groups in total. The Hall–Kier alpha value is -1.63. The molecule has 122 valence electrons. The van der Waals surface area contributed by atoms with Crippen LogP contribution < -0.4 is 0 Å². The number of urea groups is 1. The quantitative estimate of drug-likeness (QED) is 0.700. The third-order valence-corrected chi connectivity index (χ3v) is 4.60. The summed E-state index contributed by atoms with van der Waals surface area (Å²) in [5, 5.41) is 0. The second-order valence-corrected chi connectivity index (χ2v) is 6.26. The minimum atomic E-state index is -0.708. The lowest BCUT2D eigenvalue weighted by atomic mass is 10.3. The van der Waals surface area contributed by atoms with Crippen molar-refractivity contribution in [2.45, 2.75) is 32.3 Å². The van der Waals surface area contributed by atoms with Crippen molar-refractivity contribution in [3.05, 3.63) is 0 Å². The van der Waals surface area contributed by atoms with E-state index in [2.05, 4.69) is 0 Å². The molecule has 3 fully saturated rings. The van der Waals surface area contributed by atoms with Gasteiger partial charge in [0.2, 0.25) is 0 Å². The van der Waals surface area contributed by atoms with Crippen LogP contribution in [0.1, 0.15) is 26.2 Å². The molecule has 2 saturated heterocycles. The number of nitrogens with zero attached hydrogens (tertiary/aromatic N) is 3. The van der Waals surface area contributed by atoms with E-state index in [0.717, 1.165) is 17.9 Å². The highest BCUT2D eigenvalue weighted by Crippen LogP contribution is 2.30. The van der Waals surface area contributed by atoms with E-state index in [4.69, 9.17) is 4.74 Å². The fraction of sp³-hybridized carbons (Fsp3) is 0.800. The van der Waals surface area contributed by atoms with Gasteiger partial charge in [0.1, 0.15) is 0 Å². The van der Waals surface area contributed by atoms with Crippen LogP contribution in [-0.2, 0) is 14.3 Å². The van der Waals surface area contributed by atoms with Crippen molar-refractivity contribution >= 4 is 17.8 Å². The zero-order chi connectivity index (χ0) is 15.7. The van der Waals surface area contributed by atoms with Gasteiger partial charge in [-0.15, -0.1) is 0 Å². The molecule has 1 aliphatic carbocycles. The summed E-state index contributed by atoms with van der Waals surface area (Å²) in [7, 11) is 0. The number of imide groups is 1. The van der Waals surface area contributed by atoms with Crippen molar-refractivity contribution in [3.63, 3.8) is 0 Å². The molecule has 3 aliphatic rings. The van der Waals surface area contributed by atoms with Crippen LogP contribution in [0.15, 0.2) is 0 Å². The summed E-state index contributed by atoms with van der Waals surface area (Å²) in [6.07, 6.45) is 3.35. The number of carbonyl (C=O) groups excluding carboxylic acids is 3. The molecule has 0 bridgehead atoms. The summed E-state index contributed by atoms with van der Waals surface area (Å²) in [5.41, 5.74) is 0. The Labute approximate surface area is 130 Å². The highest BCUT2D eigenvalue weighted by Gasteiger charge is 2.39. The molecule has 7 nitrogen and oxygen atoms in total. The van der Waals surface area contributed by atoms with Gasteiger partial charge >= 0.3 is 17.8 Å². The number of ether oxygens (including phenoxy) is 1. The van der Waals surface area contributed by atoms with Crippen LogP contribution in [-0.4, -0.2) is 78.0 Å². The van der Waals surface area contributed by atoms with Crippen molar-refractivity contribution in [2.24, 2.45) is 5.92 Å². The van der Waals surface area contributed by atoms with Crippen LogP contribution in [0.25, 0.3) is 0 Å². The Morgan fingerprint density at radius 3 is 2.59 bits per heavy atom. The van der Waals surface area contributed by atoms with E-state index in [1.165, 1.54) is 17.7 Å². The van der Waals surface area contributed by atoms with Gasteiger partial charge in [-0.1, -0.05) is 0 Å². The summed E-state index contributed by atoms with van der Waals surface area (Å²) >= 11 is 0. The number of hydrogen-bond donors (Lipinski definition) is 0. The third-order valence-electron chi connectivity index (χ3n) is 4.60. The van der Waals surface area contributed by atoms with Crippen molar-refractivity contribution in [2.75, 3.05) is 39.3 Å². The van der Waals surface area contributed by atoms with Crippen LogP contribution in [0, 0.1) is 5.92 Å². The van der Waals surface area contributed by atoms with Crippen LogP contribution >= 0.6 is 0 Å². The molecular formula is C15H23N3O4. The second-order valence-electron chi connectivity index (χ2n) is 6.26. The van der Waals surface area contributed by atoms with Gasteiger partial charge in [-0.25, -0.2) is 4.79 Å². The van der Waals surface area contributed by atoms with Gasteiger partial charge in [0.25, 0.3) is 0 Å². The Morgan fingerprint density at radius 1 is 1.14 bits per heavy atom. The summed E-state index contributed by atoms with van der Waals surface area (Å²) in [6, 6.07) is -0.355. The van der Waals surface area contributed by atoms with Gasteiger partial charge in [-0.2, -0.15) is 0 Å². The van der Waals surface area contributed by atoms with Gasteiger partial charge in [0.05, 0.1) is 6.10 Å². The largest absolute Gasteiger partial charge is 0.376 e. The Kier molecular flexibility index (Phi) is 4.33. The lowest BCUT2D eigenvalue weighted by Gasteiger charge is -2.33. The van der Waals surface area contributed by atoms with E-state index in [1.807, 2.05) is 6.92 Å². The van der Waals surface area contributed by atoms with E-state index < -0.39 is 11.8 Å². The number of amides is 4. The average Bonchev–Trinajstić information content (AvgIpc) is 3.23. The minimum Gasteiger partial charge on any atom is -0.376 e. The highest BCUT2D eigenvalue weighted by atomic mass is 16.5. The lowest BCUT2D eigenvalue weighted by Crippen LogP contribution is -2.58. The molecule has 3 rings (SSSR count). The van der Waals surface area contributed by atoms with Gasteiger partial charge in [-0.3, -0.25) is 14.5 Å². The SMILES string of the molecule is CCN1CCN(C(=O)N2CCC(OCC3CC3)C2)C(=O)C1=O. The van der Waals surface area contributed by atoms with E-state index >= 15 is 0 Å². The zero-order valence-corrected chi connectivity index (χ0v) is 13.0. The normalized spacial score (nSPS) is 26.0. The average molecular weight is 309 g/mol. The molecule has 0 radical (unpaired) electrons. The fourth-order valence-corrected chi connectivity index (χ4v) is 2.92. The molecule has 0 spiro atoms. The molecule has 0 aromatic carbocycles. The van der Waals surface area contributed by atoms with Crippen molar-refractivity contribution < 1.29 is 19.1 Å². The number of likely N-dealkylation sites (tertiary alicyclic amines) is 1. The Bertz CT molecular complexity index is 477. The number of rotatable bonds is 4. The molecule has 1 saturated carbocycles. The van der Waals surface area contributed by atoms with Crippen molar-refractivity contribution in [1.29, 1.82) is 0 Å². The van der Waals surface area contributed by atoms with Crippen molar-refractivity contribution in [3.8, 4) is 0 Å². The first-order valence-corrected chi connectivity index (χ1v) is 8.11. The van der Waals surface area contributed by atoms with Crippen LogP contribution in [0.4, 0.5) is 4.79 Å². The molecule has 1 atom stereocenters. The number of carbonyl (C=O) groups is 3. The first-order valence-electron chi connectivity index (χ1n) is 8.11. The van der Waals surface area contributed by atoms with E-state index in [0.29, 0.717) is 32.1 Å². The predicted molar refractivity (Wildman–Crippen MR) is 78.0 cm³/mol. The molecular weight excluding hydrogens is 286 g/mol. The fourth-order valence-electron chi connectivity index (χ4n) is 2.92. The summed E-state index contributed by atoms with van der Waals surface area (Å²) in [4.78, 5) is 40.6. The number of piperazine rings is 1. The standard InChI is InChI=1S/C15H23N3O4/c1-2-16-7-8-18(14(20)13(16)19)15(21)17-6-5-12(9-17)22-10-11-3-4-11/h11-12H,2-10H2,1H3. The Balaban J connectivity index is 1.53. The maximum Gasteiger partial charge on any atom is 0.327 e. The van der Waals surface area contributed by atoms with E-state index in [-0.39, 0.29) is 18.7 Å². The second kappa shape index (κ2) is 6.24. The van der Waals surface area contributed by atoms with Gasteiger partial charge in [0.15, 0.2) is 0 Å². The molecule has 22 heavy (non-hydrogen) atoms. The molecule has 2 aliphatic heterocycles. The predicted octanol–water partition coefficient (Wildman–Crippen LogP) is 0.298. The highest BCUT2D eigenvalue weighted by molar-refractivity contribution is 6.38. The first-order chi connectivity index (χ1) is 10.6. The maximum atomic E-state index is 12.5. The number of likely N-dealkylation sites (N-methyl/N-ethyl adjacent to an activating group) is 1. The zero-order valence-electron chi connectivity index (χ0n) is 13.0. The first kappa shape index (κ1) is 15.3. The topological polar surface area (TPSA) is 70.2 Å². The number of hydrogen-bond acceptors (Lipinski definition) is 4. The molecule has 2 heterocycles. The maximum absolute atomic E-state index is 12.5. The van der Waals surface area contributed by atoms with Crippen LogP contribution in [0.3, 0.4) is 0 Å². The summed E-state index contributed by atoms with van der Waals surface area (Å²) in [6.45, 7) is 4.89. The monoisotopic (exact) mass is 309 g/mol.